The first-order valence-corrected chi connectivity index (χ1v) is 12.3. The standard InChI is InChI=1S/C28H24N6OS/c1-18(33-26(29-2)25-27(30-3)36-17-32-25)23-15-19-9-7-13-22(20-10-8-14-31-16-20)24(19)28(35)34(23)21-11-5-4-6-12-21/h4-18,33H,2H2,1,3H3/b26-25-,30-27+/t18-/m0/s1. The van der Waals surface area contributed by atoms with E-state index >= 15 is 0 Å². The monoisotopic (exact) mass is 492 g/mol. The summed E-state index contributed by atoms with van der Waals surface area (Å²) in [6.45, 7) is 5.72. The highest BCUT2D eigenvalue weighted by Crippen LogP contribution is 2.30. The van der Waals surface area contributed by atoms with Crippen LogP contribution in [0.15, 0.2) is 110 Å². The summed E-state index contributed by atoms with van der Waals surface area (Å²) in [5, 5.41) is 5.66. The predicted octanol–water partition coefficient (Wildman–Crippen LogP) is 5.38. The number of hydrogen-bond acceptors (Lipinski definition) is 7. The van der Waals surface area contributed by atoms with E-state index in [4.69, 9.17) is 0 Å². The molecule has 2 aromatic carbocycles. The number of thioether (sulfide) groups is 1. The molecule has 36 heavy (non-hydrogen) atoms. The molecule has 7 nitrogen and oxygen atoms in total. The third-order valence-electron chi connectivity index (χ3n) is 5.99. The maximum Gasteiger partial charge on any atom is 0.263 e. The first kappa shape index (κ1) is 23.4. The topological polar surface area (TPSA) is 84.0 Å². The van der Waals surface area contributed by atoms with Crippen LogP contribution < -0.4 is 10.9 Å². The average molecular weight is 493 g/mol. The SMILES string of the molecule is C=N/C(N[C@@H](C)c1cc2cccc(-c3cccnc3)c2c(=O)n1-c1ccccc1)=C1/N=CS/C1=N/C. The summed E-state index contributed by atoms with van der Waals surface area (Å²) < 4.78 is 1.76. The van der Waals surface area contributed by atoms with E-state index < -0.39 is 0 Å². The van der Waals surface area contributed by atoms with Crippen molar-refractivity contribution >= 4 is 39.8 Å². The molecule has 1 atom stereocenters. The quantitative estimate of drug-likeness (QED) is 0.367. The van der Waals surface area contributed by atoms with E-state index in [2.05, 4.69) is 32.0 Å². The second-order valence-corrected chi connectivity index (χ2v) is 8.99. The molecule has 2 aromatic heterocycles. The molecular weight excluding hydrogens is 468 g/mol. The van der Waals surface area contributed by atoms with Crippen LogP contribution in [-0.4, -0.2) is 33.9 Å². The number of aromatic nitrogens is 2. The molecule has 0 aliphatic carbocycles. The van der Waals surface area contributed by atoms with Crippen LogP contribution in [0.25, 0.3) is 27.6 Å². The second kappa shape index (κ2) is 10.1. The van der Waals surface area contributed by atoms with Crippen LogP contribution in [0, 0.1) is 0 Å². The summed E-state index contributed by atoms with van der Waals surface area (Å²) >= 11 is 1.43. The van der Waals surface area contributed by atoms with Crippen LogP contribution in [0.4, 0.5) is 0 Å². The van der Waals surface area contributed by atoms with Crippen molar-refractivity contribution in [3.8, 4) is 16.8 Å². The first-order chi connectivity index (χ1) is 17.6. The minimum absolute atomic E-state index is 0.104. The summed E-state index contributed by atoms with van der Waals surface area (Å²) in [6, 6.07) is 21.1. The van der Waals surface area contributed by atoms with Gasteiger partial charge in [-0.3, -0.25) is 19.3 Å². The lowest BCUT2D eigenvalue weighted by Crippen LogP contribution is -2.29. The highest BCUT2D eigenvalue weighted by Gasteiger charge is 2.22. The van der Waals surface area contributed by atoms with Gasteiger partial charge in [-0.1, -0.05) is 54.2 Å². The number of benzene rings is 2. The van der Waals surface area contributed by atoms with Crippen molar-refractivity contribution < 1.29 is 0 Å². The minimum atomic E-state index is -0.295. The number of pyridine rings is 2. The Hall–Kier alpha value is -4.30. The van der Waals surface area contributed by atoms with Gasteiger partial charge in [-0.15, -0.1) is 0 Å². The molecule has 178 valence electrons. The molecule has 1 aliphatic rings. The Bertz CT molecular complexity index is 1590. The van der Waals surface area contributed by atoms with Gasteiger partial charge in [0, 0.05) is 36.4 Å². The van der Waals surface area contributed by atoms with E-state index in [0.29, 0.717) is 16.9 Å². The van der Waals surface area contributed by atoms with Crippen molar-refractivity contribution in [3.05, 3.63) is 107 Å². The minimum Gasteiger partial charge on any atom is -0.360 e. The summed E-state index contributed by atoms with van der Waals surface area (Å²) in [5.41, 5.74) is 5.56. The molecule has 0 saturated carbocycles. The van der Waals surface area contributed by atoms with E-state index in [1.54, 1.807) is 29.6 Å². The number of hydrogen-bond donors (Lipinski definition) is 1. The van der Waals surface area contributed by atoms with Crippen LogP contribution in [-0.2, 0) is 0 Å². The zero-order valence-corrected chi connectivity index (χ0v) is 20.7. The number of nitrogens with one attached hydrogen (secondary N) is 1. The Kier molecular flexibility index (Phi) is 6.60. The van der Waals surface area contributed by atoms with E-state index in [-0.39, 0.29) is 11.6 Å². The summed E-state index contributed by atoms with van der Waals surface area (Å²) in [4.78, 5) is 31.3. The zero-order chi connectivity index (χ0) is 25.1. The fraction of sp³-hybridized carbons (Fsp3) is 0.107. The van der Waals surface area contributed by atoms with Crippen molar-refractivity contribution in [2.45, 2.75) is 13.0 Å². The summed E-state index contributed by atoms with van der Waals surface area (Å²) in [6.07, 6.45) is 3.50. The maximum atomic E-state index is 14.2. The fourth-order valence-electron chi connectivity index (χ4n) is 4.34. The lowest BCUT2D eigenvalue weighted by molar-refractivity contribution is 0.608. The van der Waals surface area contributed by atoms with Crippen molar-refractivity contribution in [2.75, 3.05) is 7.05 Å². The number of para-hydroxylation sites is 1. The zero-order valence-electron chi connectivity index (χ0n) is 19.9. The summed E-state index contributed by atoms with van der Waals surface area (Å²) in [5.74, 6) is 0.514. The highest BCUT2D eigenvalue weighted by atomic mass is 32.2. The van der Waals surface area contributed by atoms with E-state index in [0.717, 1.165) is 32.9 Å². The van der Waals surface area contributed by atoms with Crippen LogP contribution in [0.3, 0.4) is 0 Å². The van der Waals surface area contributed by atoms with E-state index in [1.807, 2.05) is 73.7 Å². The second-order valence-electron chi connectivity index (χ2n) is 8.16. The smallest absolute Gasteiger partial charge is 0.263 e. The van der Waals surface area contributed by atoms with Crippen LogP contribution in [0.2, 0.25) is 0 Å². The van der Waals surface area contributed by atoms with E-state index in [9.17, 15) is 4.79 Å². The van der Waals surface area contributed by atoms with Gasteiger partial charge in [-0.2, -0.15) is 0 Å². The molecule has 0 radical (unpaired) electrons. The number of aliphatic imine (C=N–C) groups is 3. The Morgan fingerprint density at radius 1 is 1.11 bits per heavy atom. The predicted molar refractivity (Wildman–Crippen MR) is 150 cm³/mol. The molecule has 0 spiro atoms. The number of fused-ring (bicyclic) bond motifs is 1. The molecule has 1 aliphatic heterocycles. The lowest BCUT2D eigenvalue weighted by atomic mass is 9.99. The average Bonchev–Trinajstić information content (AvgIpc) is 3.41. The molecule has 5 rings (SSSR count). The van der Waals surface area contributed by atoms with Crippen LogP contribution in [0.1, 0.15) is 18.7 Å². The molecule has 0 bridgehead atoms. The molecule has 8 heteroatoms. The van der Waals surface area contributed by atoms with Crippen molar-refractivity contribution in [2.24, 2.45) is 15.0 Å². The van der Waals surface area contributed by atoms with E-state index in [1.165, 1.54) is 11.8 Å². The molecule has 4 aromatic rings. The van der Waals surface area contributed by atoms with Gasteiger partial charge < -0.3 is 5.32 Å². The van der Waals surface area contributed by atoms with Crippen LogP contribution >= 0.6 is 11.8 Å². The van der Waals surface area contributed by atoms with Gasteiger partial charge in [0.15, 0.2) is 5.82 Å². The van der Waals surface area contributed by atoms with Gasteiger partial charge in [-0.05, 0) is 48.9 Å². The van der Waals surface area contributed by atoms with Crippen molar-refractivity contribution in [1.29, 1.82) is 0 Å². The molecule has 0 unspecified atom stereocenters. The number of rotatable bonds is 6. The molecule has 1 N–H and O–H groups in total. The first-order valence-electron chi connectivity index (χ1n) is 11.4. The van der Waals surface area contributed by atoms with Gasteiger partial charge in [0.05, 0.1) is 17.0 Å². The third kappa shape index (κ3) is 4.27. The third-order valence-corrected chi connectivity index (χ3v) is 6.80. The highest BCUT2D eigenvalue weighted by molar-refractivity contribution is 8.26. The molecule has 3 heterocycles. The Balaban J connectivity index is 1.73. The number of nitrogens with zero attached hydrogens (tertiary/aromatic N) is 5. The molecule has 0 amide bonds. The Labute approximate surface area is 213 Å². The Morgan fingerprint density at radius 2 is 1.94 bits per heavy atom. The van der Waals surface area contributed by atoms with Gasteiger partial charge in [0.1, 0.15) is 10.7 Å². The molecule has 0 fully saturated rings. The Morgan fingerprint density at radius 3 is 2.67 bits per heavy atom. The largest absolute Gasteiger partial charge is 0.360 e. The lowest BCUT2D eigenvalue weighted by Gasteiger charge is -2.22. The fourth-order valence-corrected chi connectivity index (χ4v) is 4.96. The van der Waals surface area contributed by atoms with Crippen LogP contribution in [0.5, 0.6) is 0 Å². The van der Waals surface area contributed by atoms with Crippen molar-refractivity contribution in [1.82, 2.24) is 14.9 Å². The van der Waals surface area contributed by atoms with Gasteiger partial charge in [0.25, 0.3) is 5.56 Å². The maximum absolute atomic E-state index is 14.2. The van der Waals surface area contributed by atoms with Crippen molar-refractivity contribution in [3.63, 3.8) is 0 Å². The van der Waals surface area contributed by atoms with Gasteiger partial charge in [0.2, 0.25) is 0 Å². The van der Waals surface area contributed by atoms with Gasteiger partial charge in [-0.25, -0.2) is 9.98 Å². The normalized spacial score (nSPS) is 16.3. The molecule has 0 saturated heterocycles. The summed E-state index contributed by atoms with van der Waals surface area (Å²) in [7, 11) is 1.72. The molecular formula is C28H24N6OS. The van der Waals surface area contributed by atoms with Gasteiger partial charge >= 0.3 is 0 Å².